The molecule has 0 spiro atoms. The molecule has 2 aromatic carbocycles. The highest BCUT2D eigenvalue weighted by molar-refractivity contribution is 7.92. The zero-order valence-corrected chi connectivity index (χ0v) is 13.7. The summed E-state index contributed by atoms with van der Waals surface area (Å²) in [6.07, 6.45) is 0.458. The smallest absolute Gasteiger partial charge is 0.255 e. The van der Waals surface area contributed by atoms with E-state index in [1.165, 1.54) is 24.3 Å². The molecule has 0 bridgehead atoms. The highest BCUT2D eigenvalue weighted by atomic mass is 32.2. The average molecular weight is 354 g/mol. The molecule has 0 aliphatic heterocycles. The first-order valence-corrected chi connectivity index (χ1v) is 8.83. The highest BCUT2D eigenvalue weighted by Crippen LogP contribution is 2.18. The maximum Gasteiger partial charge on any atom is 0.255 e. The number of benzene rings is 2. The van der Waals surface area contributed by atoms with Gasteiger partial charge in [-0.15, -0.1) is 0 Å². The van der Waals surface area contributed by atoms with Gasteiger partial charge in [0.25, 0.3) is 5.91 Å². The highest BCUT2D eigenvalue weighted by Gasteiger charge is 2.13. The summed E-state index contributed by atoms with van der Waals surface area (Å²) >= 11 is 0. The van der Waals surface area contributed by atoms with E-state index in [-0.39, 0.29) is 22.7 Å². The maximum atomic E-state index is 13.6. The molecule has 8 heteroatoms. The predicted octanol–water partition coefficient (Wildman–Crippen LogP) is 3.37. The lowest BCUT2D eigenvalue weighted by atomic mass is 10.2. The van der Waals surface area contributed by atoms with Crippen molar-refractivity contribution in [3.63, 3.8) is 0 Å². The number of nitrogens with one attached hydrogen (secondary N) is 2. The van der Waals surface area contributed by atoms with Crippen molar-refractivity contribution < 1.29 is 22.0 Å². The number of rotatable bonds is 6. The molecule has 0 atom stereocenters. The molecule has 2 rings (SSSR count). The number of hydrogen-bond donors (Lipinski definition) is 2. The Morgan fingerprint density at radius 2 is 1.88 bits per heavy atom. The van der Waals surface area contributed by atoms with Gasteiger partial charge in [-0.1, -0.05) is 13.0 Å². The molecule has 0 saturated carbocycles. The van der Waals surface area contributed by atoms with E-state index in [4.69, 9.17) is 0 Å². The second kappa shape index (κ2) is 7.39. The molecule has 1 amide bonds. The van der Waals surface area contributed by atoms with Crippen LogP contribution in [0.4, 0.5) is 20.2 Å². The molecule has 128 valence electrons. The Bertz CT molecular complexity index is 854. The number of carbonyl (C=O) groups excluding carboxylic acids is 1. The van der Waals surface area contributed by atoms with E-state index in [9.17, 15) is 22.0 Å². The van der Waals surface area contributed by atoms with Gasteiger partial charge in [0.1, 0.15) is 11.6 Å². The molecule has 2 aromatic rings. The number of amides is 1. The summed E-state index contributed by atoms with van der Waals surface area (Å²) in [5.74, 6) is -2.33. The largest absolute Gasteiger partial charge is 0.319 e. The van der Waals surface area contributed by atoms with Crippen LogP contribution in [-0.4, -0.2) is 20.1 Å². The minimum atomic E-state index is -3.48. The van der Waals surface area contributed by atoms with Gasteiger partial charge in [-0.2, -0.15) is 0 Å². The van der Waals surface area contributed by atoms with Crippen LogP contribution in [0.2, 0.25) is 0 Å². The Labute approximate surface area is 138 Å². The van der Waals surface area contributed by atoms with E-state index in [0.29, 0.717) is 12.5 Å². The zero-order chi connectivity index (χ0) is 17.7. The van der Waals surface area contributed by atoms with Crippen molar-refractivity contribution in [1.29, 1.82) is 0 Å². The molecule has 0 saturated heterocycles. The Hall–Kier alpha value is -2.48. The van der Waals surface area contributed by atoms with Crippen LogP contribution in [0.15, 0.2) is 42.5 Å². The molecule has 0 fully saturated rings. The monoisotopic (exact) mass is 354 g/mol. The van der Waals surface area contributed by atoms with Crippen molar-refractivity contribution in [2.24, 2.45) is 0 Å². The Morgan fingerprint density at radius 3 is 2.54 bits per heavy atom. The predicted molar refractivity (Wildman–Crippen MR) is 88.5 cm³/mol. The van der Waals surface area contributed by atoms with Gasteiger partial charge in [-0.3, -0.25) is 9.52 Å². The molecular formula is C16H16F2N2O3S. The van der Waals surface area contributed by atoms with Gasteiger partial charge >= 0.3 is 0 Å². The summed E-state index contributed by atoms with van der Waals surface area (Å²) < 4.78 is 52.3. The SMILES string of the molecule is CCCS(=O)(=O)Nc1cccc(C(=O)Nc2ccc(F)cc2F)c1. The maximum absolute atomic E-state index is 13.6. The van der Waals surface area contributed by atoms with E-state index in [0.717, 1.165) is 12.1 Å². The topological polar surface area (TPSA) is 75.3 Å². The number of hydrogen-bond acceptors (Lipinski definition) is 3. The average Bonchev–Trinajstić information content (AvgIpc) is 2.49. The molecule has 2 N–H and O–H groups in total. The van der Waals surface area contributed by atoms with Gasteiger partial charge in [0.2, 0.25) is 10.0 Å². The van der Waals surface area contributed by atoms with Crippen molar-refractivity contribution >= 4 is 27.3 Å². The molecular weight excluding hydrogens is 338 g/mol. The lowest BCUT2D eigenvalue weighted by molar-refractivity contribution is 0.102. The molecule has 0 aliphatic rings. The van der Waals surface area contributed by atoms with Crippen LogP contribution in [0.5, 0.6) is 0 Å². The molecule has 0 heterocycles. The fourth-order valence-corrected chi connectivity index (χ4v) is 3.13. The van der Waals surface area contributed by atoms with Crippen LogP contribution >= 0.6 is 0 Å². The number of sulfonamides is 1. The second-order valence-corrected chi connectivity index (χ2v) is 6.92. The van der Waals surface area contributed by atoms with Crippen LogP contribution in [0.3, 0.4) is 0 Å². The minimum Gasteiger partial charge on any atom is -0.319 e. The quantitative estimate of drug-likeness (QED) is 0.835. The Kier molecular flexibility index (Phi) is 5.50. The number of carbonyl (C=O) groups is 1. The summed E-state index contributed by atoms with van der Waals surface area (Å²) in [6.45, 7) is 1.74. The van der Waals surface area contributed by atoms with Crippen LogP contribution < -0.4 is 10.0 Å². The Morgan fingerprint density at radius 1 is 1.12 bits per heavy atom. The van der Waals surface area contributed by atoms with Crippen molar-refractivity contribution in [3.05, 3.63) is 59.7 Å². The van der Waals surface area contributed by atoms with E-state index in [2.05, 4.69) is 10.0 Å². The van der Waals surface area contributed by atoms with Gasteiger partial charge < -0.3 is 5.32 Å². The first-order chi connectivity index (χ1) is 11.3. The zero-order valence-electron chi connectivity index (χ0n) is 12.8. The third kappa shape index (κ3) is 4.76. The van der Waals surface area contributed by atoms with Crippen molar-refractivity contribution in [2.75, 3.05) is 15.8 Å². The molecule has 0 radical (unpaired) electrons. The summed E-state index contributed by atoms with van der Waals surface area (Å²) in [4.78, 5) is 12.1. The van der Waals surface area contributed by atoms with Crippen molar-refractivity contribution in [2.45, 2.75) is 13.3 Å². The molecule has 5 nitrogen and oxygen atoms in total. The molecule has 24 heavy (non-hydrogen) atoms. The van der Waals surface area contributed by atoms with Gasteiger partial charge in [-0.05, 0) is 36.8 Å². The van der Waals surface area contributed by atoms with E-state index < -0.39 is 27.6 Å². The number of halogens is 2. The lowest BCUT2D eigenvalue weighted by Gasteiger charge is -2.10. The summed E-state index contributed by atoms with van der Waals surface area (Å²) in [7, 11) is -3.48. The summed E-state index contributed by atoms with van der Waals surface area (Å²) in [5, 5.41) is 2.31. The third-order valence-corrected chi connectivity index (χ3v) is 4.54. The van der Waals surface area contributed by atoms with Crippen LogP contribution in [0.1, 0.15) is 23.7 Å². The lowest BCUT2D eigenvalue weighted by Crippen LogP contribution is -2.17. The first kappa shape index (κ1) is 17.9. The van der Waals surface area contributed by atoms with E-state index in [1.54, 1.807) is 6.92 Å². The normalized spacial score (nSPS) is 11.1. The fraction of sp³-hybridized carbons (Fsp3) is 0.188. The van der Waals surface area contributed by atoms with Crippen molar-refractivity contribution in [1.82, 2.24) is 0 Å². The summed E-state index contributed by atoms with van der Waals surface area (Å²) in [6, 6.07) is 8.58. The minimum absolute atomic E-state index is 0.0375. The van der Waals surface area contributed by atoms with Crippen LogP contribution in [0, 0.1) is 11.6 Å². The van der Waals surface area contributed by atoms with Crippen LogP contribution in [-0.2, 0) is 10.0 Å². The Balaban J connectivity index is 2.17. The van der Waals surface area contributed by atoms with Crippen LogP contribution in [0.25, 0.3) is 0 Å². The van der Waals surface area contributed by atoms with Gasteiger partial charge in [0.15, 0.2) is 0 Å². The molecule has 0 aliphatic carbocycles. The van der Waals surface area contributed by atoms with Gasteiger partial charge in [0, 0.05) is 17.3 Å². The molecule has 0 aromatic heterocycles. The van der Waals surface area contributed by atoms with Crippen molar-refractivity contribution in [3.8, 4) is 0 Å². The second-order valence-electron chi connectivity index (χ2n) is 5.08. The standard InChI is InChI=1S/C16H16F2N2O3S/c1-2-8-24(22,23)20-13-5-3-4-11(9-13)16(21)19-15-7-6-12(17)10-14(15)18/h3-7,9-10,20H,2,8H2,1H3,(H,19,21). The van der Waals surface area contributed by atoms with Gasteiger partial charge in [0.05, 0.1) is 11.4 Å². The third-order valence-electron chi connectivity index (χ3n) is 3.05. The number of anilines is 2. The van der Waals surface area contributed by atoms with E-state index >= 15 is 0 Å². The van der Waals surface area contributed by atoms with E-state index in [1.807, 2.05) is 0 Å². The first-order valence-electron chi connectivity index (χ1n) is 7.17. The fourth-order valence-electron chi connectivity index (χ4n) is 2.01. The summed E-state index contributed by atoms with van der Waals surface area (Å²) in [5.41, 5.74) is 0.199. The molecule has 0 unspecified atom stereocenters. The van der Waals surface area contributed by atoms with Gasteiger partial charge in [-0.25, -0.2) is 17.2 Å².